The lowest BCUT2D eigenvalue weighted by Gasteiger charge is -2.31. The Morgan fingerprint density at radius 3 is 2.44 bits per heavy atom. The lowest BCUT2D eigenvalue weighted by molar-refractivity contribution is 0.201. The third kappa shape index (κ3) is 3.87. The van der Waals surface area contributed by atoms with Gasteiger partial charge in [-0.05, 0) is 39.5 Å². The number of nitrogens with two attached hydrogens (primary N) is 1. The summed E-state index contributed by atoms with van der Waals surface area (Å²) in [6.45, 7) is 4.18. The lowest BCUT2D eigenvalue weighted by Crippen LogP contribution is -2.39. The van der Waals surface area contributed by atoms with Crippen molar-refractivity contribution in [1.82, 2.24) is 9.80 Å². The van der Waals surface area contributed by atoms with Crippen molar-refractivity contribution in [3.63, 3.8) is 0 Å². The van der Waals surface area contributed by atoms with Crippen LogP contribution in [0.1, 0.15) is 17.8 Å². The zero-order valence-electron chi connectivity index (χ0n) is 10.7. The predicted octanol–water partition coefficient (Wildman–Crippen LogP) is 1.63. The average molecular weight is 241 g/mol. The van der Waals surface area contributed by atoms with Gasteiger partial charge in [0.05, 0.1) is 6.04 Å². The molecule has 0 aliphatic heterocycles. The van der Waals surface area contributed by atoms with Gasteiger partial charge < -0.3 is 10.6 Å². The van der Waals surface area contributed by atoms with Gasteiger partial charge in [-0.25, -0.2) is 0 Å². The van der Waals surface area contributed by atoms with Crippen LogP contribution in [0.3, 0.4) is 0 Å². The van der Waals surface area contributed by atoms with Crippen LogP contribution in [0.5, 0.6) is 0 Å². The highest BCUT2D eigenvalue weighted by Gasteiger charge is 2.21. The number of rotatable bonds is 6. The van der Waals surface area contributed by atoms with Crippen molar-refractivity contribution in [1.29, 1.82) is 0 Å². The molecule has 1 aromatic heterocycles. The highest BCUT2D eigenvalue weighted by molar-refractivity contribution is 7.10. The van der Waals surface area contributed by atoms with Crippen molar-refractivity contribution in [3.8, 4) is 0 Å². The molecule has 3 nitrogen and oxygen atoms in total. The first kappa shape index (κ1) is 13.6. The molecule has 16 heavy (non-hydrogen) atoms. The molecule has 0 saturated heterocycles. The average Bonchev–Trinajstić information content (AvgIpc) is 2.67. The van der Waals surface area contributed by atoms with Crippen LogP contribution >= 0.6 is 11.3 Å². The lowest BCUT2D eigenvalue weighted by atomic mass is 10.1. The van der Waals surface area contributed by atoms with E-state index in [1.54, 1.807) is 11.3 Å². The van der Waals surface area contributed by atoms with Gasteiger partial charge in [-0.15, -0.1) is 11.3 Å². The quantitative estimate of drug-likeness (QED) is 0.821. The number of thiophene rings is 1. The van der Waals surface area contributed by atoms with E-state index in [0.717, 1.165) is 13.1 Å². The summed E-state index contributed by atoms with van der Waals surface area (Å²) in [4.78, 5) is 5.90. The van der Waals surface area contributed by atoms with Crippen molar-refractivity contribution < 1.29 is 0 Å². The zero-order chi connectivity index (χ0) is 12.1. The summed E-state index contributed by atoms with van der Waals surface area (Å²) >= 11 is 1.79. The van der Waals surface area contributed by atoms with Crippen LogP contribution in [0.4, 0.5) is 0 Å². The molecule has 1 heterocycles. The molecule has 0 fully saturated rings. The van der Waals surface area contributed by atoms with E-state index in [2.05, 4.69) is 55.4 Å². The van der Waals surface area contributed by atoms with Gasteiger partial charge in [0.15, 0.2) is 0 Å². The first-order valence-electron chi connectivity index (χ1n) is 5.66. The van der Waals surface area contributed by atoms with Gasteiger partial charge >= 0.3 is 0 Å². The van der Waals surface area contributed by atoms with E-state index in [0.29, 0.717) is 6.04 Å². The molecular formula is C12H23N3S. The molecule has 0 aliphatic carbocycles. The highest BCUT2D eigenvalue weighted by Crippen LogP contribution is 2.26. The SMILES string of the molecule is CC(N)C(c1cccs1)N(C)CCN(C)C. The standard InChI is InChI=1S/C12H23N3S/c1-10(13)12(11-6-5-9-16-11)15(4)8-7-14(2)3/h5-6,9-10,12H,7-8,13H2,1-4H3. The molecule has 0 radical (unpaired) electrons. The molecule has 2 unspecified atom stereocenters. The molecule has 0 spiro atoms. The Bertz CT molecular complexity index is 282. The topological polar surface area (TPSA) is 32.5 Å². The first-order chi connectivity index (χ1) is 7.52. The Morgan fingerprint density at radius 2 is 2.00 bits per heavy atom. The Kier molecular flexibility index (Phi) is 5.41. The van der Waals surface area contributed by atoms with Crippen molar-refractivity contribution in [2.75, 3.05) is 34.2 Å². The van der Waals surface area contributed by atoms with Crippen LogP contribution in [0.25, 0.3) is 0 Å². The molecule has 0 saturated carbocycles. The smallest absolute Gasteiger partial charge is 0.0588 e. The summed E-state index contributed by atoms with van der Waals surface area (Å²) in [5.74, 6) is 0. The normalized spacial score (nSPS) is 15.7. The Hall–Kier alpha value is -0.420. The number of hydrogen-bond donors (Lipinski definition) is 1. The minimum atomic E-state index is 0.158. The molecule has 0 bridgehead atoms. The Morgan fingerprint density at radius 1 is 1.31 bits per heavy atom. The van der Waals surface area contributed by atoms with E-state index in [1.165, 1.54) is 4.88 Å². The summed E-state index contributed by atoms with van der Waals surface area (Å²) in [7, 11) is 6.34. The van der Waals surface area contributed by atoms with Crippen LogP contribution in [-0.2, 0) is 0 Å². The van der Waals surface area contributed by atoms with Gasteiger partial charge in [-0.1, -0.05) is 6.07 Å². The molecule has 2 atom stereocenters. The number of likely N-dealkylation sites (N-methyl/N-ethyl adjacent to an activating group) is 2. The predicted molar refractivity (Wildman–Crippen MR) is 71.9 cm³/mol. The van der Waals surface area contributed by atoms with E-state index in [9.17, 15) is 0 Å². The van der Waals surface area contributed by atoms with Crippen LogP contribution in [-0.4, -0.2) is 50.1 Å². The van der Waals surface area contributed by atoms with Crippen molar-refractivity contribution in [3.05, 3.63) is 22.4 Å². The van der Waals surface area contributed by atoms with Crippen LogP contribution in [0.15, 0.2) is 17.5 Å². The molecule has 1 rings (SSSR count). The third-order valence-corrected chi connectivity index (χ3v) is 3.65. The third-order valence-electron chi connectivity index (χ3n) is 2.71. The molecular weight excluding hydrogens is 218 g/mol. The number of nitrogens with zero attached hydrogens (tertiary/aromatic N) is 2. The van der Waals surface area contributed by atoms with Crippen LogP contribution in [0, 0.1) is 0 Å². The molecule has 92 valence electrons. The Labute approximate surface area is 103 Å². The maximum atomic E-state index is 6.09. The molecule has 2 N–H and O–H groups in total. The van der Waals surface area contributed by atoms with Crippen molar-refractivity contribution >= 4 is 11.3 Å². The largest absolute Gasteiger partial charge is 0.326 e. The fourth-order valence-electron chi connectivity index (χ4n) is 1.83. The summed E-state index contributed by atoms with van der Waals surface area (Å²) in [6.07, 6.45) is 0. The second-order valence-corrected chi connectivity index (χ2v) is 5.58. The molecule has 4 heteroatoms. The van der Waals surface area contributed by atoms with E-state index in [1.807, 2.05) is 0 Å². The monoisotopic (exact) mass is 241 g/mol. The van der Waals surface area contributed by atoms with E-state index >= 15 is 0 Å². The van der Waals surface area contributed by atoms with E-state index < -0.39 is 0 Å². The van der Waals surface area contributed by atoms with Crippen LogP contribution in [0.2, 0.25) is 0 Å². The molecule has 1 aromatic rings. The van der Waals surface area contributed by atoms with Crippen molar-refractivity contribution in [2.45, 2.75) is 19.0 Å². The summed E-state index contributed by atoms with van der Waals surface area (Å²) in [5.41, 5.74) is 6.09. The van der Waals surface area contributed by atoms with Gasteiger partial charge in [0.2, 0.25) is 0 Å². The minimum Gasteiger partial charge on any atom is -0.326 e. The molecule has 0 aromatic carbocycles. The maximum absolute atomic E-state index is 6.09. The van der Waals surface area contributed by atoms with Crippen molar-refractivity contribution in [2.24, 2.45) is 5.73 Å². The fourth-order valence-corrected chi connectivity index (χ4v) is 2.84. The van der Waals surface area contributed by atoms with E-state index in [-0.39, 0.29) is 6.04 Å². The van der Waals surface area contributed by atoms with E-state index in [4.69, 9.17) is 5.73 Å². The second-order valence-electron chi connectivity index (χ2n) is 4.60. The molecule has 0 amide bonds. The summed E-state index contributed by atoms with van der Waals surface area (Å²) < 4.78 is 0. The first-order valence-corrected chi connectivity index (χ1v) is 6.54. The number of hydrogen-bond acceptors (Lipinski definition) is 4. The zero-order valence-corrected chi connectivity index (χ0v) is 11.5. The molecule has 0 aliphatic rings. The second kappa shape index (κ2) is 6.35. The summed E-state index contributed by atoms with van der Waals surface area (Å²) in [5, 5.41) is 2.12. The highest BCUT2D eigenvalue weighted by atomic mass is 32.1. The van der Waals surface area contributed by atoms with Gasteiger partial charge in [0.25, 0.3) is 0 Å². The van der Waals surface area contributed by atoms with Gasteiger partial charge in [-0.2, -0.15) is 0 Å². The maximum Gasteiger partial charge on any atom is 0.0588 e. The summed E-state index contributed by atoms with van der Waals surface area (Å²) in [6, 6.07) is 4.76. The van der Waals surface area contributed by atoms with Gasteiger partial charge in [0.1, 0.15) is 0 Å². The van der Waals surface area contributed by atoms with Gasteiger partial charge in [-0.3, -0.25) is 4.90 Å². The fraction of sp³-hybridized carbons (Fsp3) is 0.667. The van der Waals surface area contributed by atoms with Crippen LogP contribution < -0.4 is 5.73 Å². The Balaban J connectivity index is 2.64. The minimum absolute atomic E-state index is 0.158. The van der Waals surface area contributed by atoms with Gasteiger partial charge in [0, 0.05) is 24.0 Å².